The molecule has 0 spiro atoms. The highest BCUT2D eigenvalue weighted by Crippen LogP contribution is 2.15. The Morgan fingerprint density at radius 3 is 2.52 bits per heavy atom. The minimum absolute atomic E-state index is 0.0388. The second-order valence-corrected chi connectivity index (χ2v) is 6.02. The van der Waals surface area contributed by atoms with E-state index in [1.165, 1.54) is 0 Å². The molecule has 112 valence electrons. The molecule has 21 heavy (non-hydrogen) atoms. The van der Waals surface area contributed by atoms with E-state index in [2.05, 4.69) is 21.2 Å². The van der Waals surface area contributed by atoms with Gasteiger partial charge in [0.25, 0.3) is 0 Å². The number of hydrogen-bond donors (Lipinski definition) is 1. The Labute approximate surface area is 133 Å². The SMILES string of the molecule is Cc1ccc(CN(C)[C@@H](C)C(=O)Nc2ccc(Br)cc2)o1. The summed E-state index contributed by atoms with van der Waals surface area (Å²) < 4.78 is 6.52. The molecule has 1 aromatic carbocycles. The van der Waals surface area contributed by atoms with E-state index >= 15 is 0 Å². The average Bonchev–Trinajstić information content (AvgIpc) is 2.85. The van der Waals surface area contributed by atoms with Gasteiger partial charge in [0, 0.05) is 10.2 Å². The van der Waals surface area contributed by atoms with Gasteiger partial charge in [-0.1, -0.05) is 15.9 Å². The predicted molar refractivity (Wildman–Crippen MR) is 87.1 cm³/mol. The summed E-state index contributed by atoms with van der Waals surface area (Å²) in [6, 6.07) is 11.1. The van der Waals surface area contributed by atoms with E-state index in [1.807, 2.05) is 62.2 Å². The van der Waals surface area contributed by atoms with Crippen molar-refractivity contribution in [2.45, 2.75) is 26.4 Å². The van der Waals surface area contributed by atoms with Gasteiger partial charge in [0.2, 0.25) is 5.91 Å². The zero-order valence-corrected chi connectivity index (χ0v) is 14.0. The van der Waals surface area contributed by atoms with Crippen molar-refractivity contribution in [1.29, 1.82) is 0 Å². The number of hydrogen-bond acceptors (Lipinski definition) is 3. The van der Waals surface area contributed by atoms with Gasteiger partial charge in [0.15, 0.2) is 0 Å². The van der Waals surface area contributed by atoms with Gasteiger partial charge in [-0.2, -0.15) is 0 Å². The number of benzene rings is 1. The number of nitrogens with zero attached hydrogens (tertiary/aromatic N) is 1. The number of carbonyl (C=O) groups is 1. The third kappa shape index (κ3) is 4.44. The summed E-state index contributed by atoms with van der Waals surface area (Å²) >= 11 is 3.37. The van der Waals surface area contributed by atoms with Gasteiger partial charge in [-0.3, -0.25) is 9.69 Å². The lowest BCUT2D eigenvalue weighted by Gasteiger charge is -2.22. The summed E-state index contributed by atoms with van der Waals surface area (Å²) in [5, 5.41) is 2.91. The molecule has 1 heterocycles. The van der Waals surface area contributed by atoms with Crippen LogP contribution in [0.25, 0.3) is 0 Å². The molecule has 2 rings (SSSR count). The summed E-state index contributed by atoms with van der Waals surface area (Å²) in [6.07, 6.45) is 0. The third-order valence-electron chi connectivity index (χ3n) is 3.35. The van der Waals surface area contributed by atoms with Crippen LogP contribution in [0.3, 0.4) is 0 Å². The van der Waals surface area contributed by atoms with Gasteiger partial charge in [0.1, 0.15) is 11.5 Å². The summed E-state index contributed by atoms with van der Waals surface area (Å²) in [5.74, 6) is 1.70. The van der Waals surface area contributed by atoms with Crippen molar-refractivity contribution >= 4 is 27.5 Å². The standard InChI is InChI=1S/C16H19BrN2O2/c1-11-4-9-15(21-11)10-19(3)12(2)16(20)18-14-7-5-13(17)6-8-14/h4-9,12H,10H2,1-3H3,(H,18,20)/t12-/m0/s1. The van der Waals surface area contributed by atoms with Crippen LogP contribution in [-0.2, 0) is 11.3 Å². The van der Waals surface area contributed by atoms with Gasteiger partial charge >= 0.3 is 0 Å². The molecule has 0 aliphatic carbocycles. The summed E-state index contributed by atoms with van der Waals surface area (Å²) in [7, 11) is 1.91. The molecule has 0 radical (unpaired) electrons. The molecule has 5 heteroatoms. The van der Waals surface area contributed by atoms with Crippen molar-refractivity contribution in [2.75, 3.05) is 12.4 Å². The minimum atomic E-state index is -0.251. The van der Waals surface area contributed by atoms with Crippen molar-refractivity contribution in [3.63, 3.8) is 0 Å². The Bertz CT molecular complexity index is 607. The molecule has 0 bridgehead atoms. The Hall–Kier alpha value is -1.59. The van der Waals surface area contributed by atoms with Gasteiger partial charge in [-0.25, -0.2) is 0 Å². The van der Waals surface area contributed by atoms with E-state index in [0.717, 1.165) is 21.7 Å². The van der Waals surface area contributed by atoms with Crippen LogP contribution in [0.2, 0.25) is 0 Å². The lowest BCUT2D eigenvalue weighted by Crippen LogP contribution is -2.39. The molecule has 1 N–H and O–H groups in total. The Balaban J connectivity index is 1.93. The normalized spacial score (nSPS) is 12.4. The van der Waals surface area contributed by atoms with Crippen molar-refractivity contribution in [2.24, 2.45) is 0 Å². The van der Waals surface area contributed by atoms with E-state index in [0.29, 0.717) is 6.54 Å². The van der Waals surface area contributed by atoms with Crippen molar-refractivity contribution in [1.82, 2.24) is 4.90 Å². The van der Waals surface area contributed by atoms with Crippen LogP contribution in [0.5, 0.6) is 0 Å². The number of nitrogens with one attached hydrogen (secondary N) is 1. The molecule has 0 saturated carbocycles. The summed E-state index contributed by atoms with van der Waals surface area (Å²) in [5.41, 5.74) is 0.789. The predicted octanol–water partition coefficient (Wildman–Crippen LogP) is 3.81. The van der Waals surface area contributed by atoms with Crippen LogP contribution in [0.1, 0.15) is 18.4 Å². The average molecular weight is 351 g/mol. The van der Waals surface area contributed by atoms with Crippen LogP contribution in [0.15, 0.2) is 45.3 Å². The van der Waals surface area contributed by atoms with Crippen LogP contribution in [-0.4, -0.2) is 23.9 Å². The second-order valence-electron chi connectivity index (χ2n) is 5.10. The van der Waals surface area contributed by atoms with E-state index in [9.17, 15) is 4.79 Å². The van der Waals surface area contributed by atoms with Crippen molar-refractivity contribution in [3.8, 4) is 0 Å². The fourth-order valence-corrected chi connectivity index (χ4v) is 2.20. The molecule has 1 amide bonds. The highest BCUT2D eigenvalue weighted by Gasteiger charge is 2.19. The molecular formula is C16H19BrN2O2. The zero-order valence-electron chi connectivity index (χ0n) is 12.4. The molecule has 0 unspecified atom stereocenters. The number of likely N-dealkylation sites (N-methyl/N-ethyl adjacent to an activating group) is 1. The zero-order chi connectivity index (χ0) is 15.4. The highest BCUT2D eigenvalue weighted by atomic mass is 79.9. The van der Waals surface area contributed by atoms with Crippen LogP contribution in [0.4, 0.5) is 5.69 Å². The smallest absolute Gasteiger partial charge is 0.241 e. The Morgan fingerprint density at radius 2 is 1.95 bits per heavy atom. The molecule has 2 aromatic rings. The number of halogens is 1. The fraction of sp³-hybridized carbons (Fsp3) is 0.312. The second kappa shape index (κ2) is 6.91. The molecule has 0 aliphatic rings. The maximum Gasteiger partial charge on any atom is 0.241 e. The molecular weight excluding hydrogens is 332 g/mol. The van der Waals surface area contributed by atoms with E-state index < -0.39 is 0 Å². The van der Waals surface area contributed by atoms with Gasteiger partial charge in [-0.15, -0.1) is 0 Å². The van der Waals surface area contributed by atoms with Crippen molar-refractivity contribution in [3.05, 3.63) is 52.4 Å². The maximum atomic E-state index is 12.2. The monoisotopic (exact) mass is 350 g/mol. The topological polar surface area (TPSA) is 45.5 Å². The lowest BCUT2D eigenvalue weighted by molar-refractivity contribution is -0.120. The first kappa shape index (κ1) is 15.8. The minimum Gasteiger partial charge on any atom is -0.465 e. The summed E-state index contributed by atoms with van der Waals surface area (Å²) in [6.45, 7) is 4.39. The molecule has 0 aliphatic heterocycles. The molecule has 0 fully saturated rings. The molecule has 1 atom stereocenters. The number of rotatable bonds is 5. The molecule has 1 aromatic heterocycles. The highest BCUT2D eigenvalue weighted by molar-refractivity contribution is 9.10. The summed E-state index contributed by atoms with van der Waals surface area (Å²) in [4.78, 5) is 14.2. The van der Waals surface area contributed by atoms with Crippen LogP contribution in [0, 0.1) is 6.92 Å². The number of aryl methyl sites for hydroxylation is 1. The quantitative estimate of drug-likeness (QED) is 0.891. The first-order valence-electron chi connectivity index (χ1n) is 6.77. The number of furan rings is 1. The number of amides is 1. The Morgan fingerprint density at radius 1 is 1.29 bits per heavy atom. The van der Waals surface area contributed by atoms with Crippen molar-refractivity contribution < 1.29 is 9.21 Å². The van der Waals surface area contributed by atoms with Crippen LogP contribution < -0.4 is 5.32 Å². The van der Waals surface area contributed by atoms with Gasteiger partial charge < -0.3 is 9.73 Å². The fourth-order valence-electron chi connectivity index (χ4n) is 1.93. The van der Waals surface area contributed by atoms with Gasteiger partial charge in [-0.05, 0) is 57.3 Å². The molecule has 4 nitrogen and oxygen atoms in total. The first-order valence-corrected chi connectivity index (χ1v) is 7.57. The largest absolute Gasteiger partial charge is 0.465 e. The number of anilines is 1. The number of carbonyl (C=O) groups excluding carboxylic acids is 1. The Kier molecular flexibility index (Phi) is 5.20. The molecule has 0 saturated heterocycles. The van der Waals surface area contributed by atoms with Crippen LogP contribution >= 0.6 is 15.9 Å². The van der Waals surface area contributed by atoms with E-state index in [1.54, 1.807) is 0 Å². The van der Waals surface area contributed by atoms with Gasteiger partial charge in [0.05, 0.1) is 12.6 Å². The van der Waals surface area contributed by atoms with E-state index in [4.69, 9.17) is 4.42 Å². The van der Waals surface area contributed by atoms with E-state index in [-0.39, 0.29) is 11.9 Å². The third-order valence-corrected chi connectivity index (χ3v) is 3.88. The maximum absolute atomic E-state index is 12.2. The lowest BCUT2D eigenvalue weighted by atomic mass is 10.2. The first-order chi connectivity index (χ1) is 9.95.